The fourth-order valence-corrected chi connectivity index (χ4v) is 5.62. The average molecular weight is 534 g/mol. The fourth-order valence-electron chi connectivity index (χ4n) is 4.27. The minimum Gasteiger partial charge on any atom is -0.490 e. The molecular weight excluding hydrogens is 497 g/mol. The van der Waals surface area contributed by atoms with Gasteiger partial charge >= 0.3 is 0 Å². The number of para-hydroxylation sites is 1. The summed E-state index contributed by atoms with van der Waals surface area (Å²) < 4.78 is 18.4. The Bertz CT molecular complexity index is 680. The van der Waals surface area contributed by atoms with E-state index in [9.17, 15) is 4.21 Å². The molecule has 164 valence electrons. The van der Waals surface area contributed by atoms with Gasteiger partial charge in [0.05, 0.1) is 6.10 Å². The summed E-state index contributed by atoms with van der Waals surface area (Å²) in [6, 6.07) is 8.62. The molecular formula is C22H36IN3O2S. The summed E-state index contributed by atoms with van der Waals surface area (Å²) in [5.41, 5.74) is 1.16. The molecule has 1 aromatic rings. The van der Waals surface area contributed by atoms with Crippen LogP contribution in [0.2, 0.25) is 0 Å². The Labute approximate surface area is 195 Å². The molecule has 0 saturated heterocycles. The highest BCUT2D eigenvalue weighted by atomic mass is 127. The zero-order valence-electron chi connectivity index (χ0n) is 17.7. The number of benzene rings is 1. The van der Waals surface area contributed by atoms with Crippen LogP contribution in [-0.2, 0) is 17.3 Å². The van der Waals surface area contributed by atoms with Gasteiger partial charge in [-0.3, -0.25) is 9.20 Å². The van der Waals surface area contributed by atoms with Crippen molar-refractivity contribution in [3.8, 4) is 5.75 Å². The largest absolute Gasteiger partial charge is 0.490 e. The van der Waals surface area contributed by atoms with Gasteiger partial charge in [0.15, 0.2) is 5.96 Å². The van der Waals surface area contributed by atoms with Crippen molar-refractivity contribution in [2.75, 3.05) is 12.8 Å². The van der Waals surface area contributed by atoms with Crippen LogP contribution in [0.25, 0.3) is 0 Å². The first kappa shape index (κ1) is 24.4. The van der Waals surface area contributed by atoms with E-state index in [2.05, 4.69) is 33.8 Å². The Balaban J connectivity index is 0.00000300. The van der Waals surface area contributed by atoms with Gasteiger partial charge in [-0.25, -0.2) is 0 Å². The van der Waals surface area contributed by atoms with Gasteiger partial charge in [-0.2, -0.15) is 0 Å². The zero-order chi connectivity index (χ0) is 19.8. The van der Waals surface area contributed by atoms with Gasteiger partial charge in [-0.05, 0) is 51.0 Å². The number of rotatable bonds is 7. The summed E-state index contributed by atoms with van der Waals surface area (Å²) in [6.45, 7) is 2.69. The van der Waals surface area contributed by atoms with Crippen molar-refractivity contribution < 1.29 is 8.95 Å². The zero-order valence-corrected chi connectivity index (χ0v) is 20.8. The molecule has 3 unspecified atom stereocenters. The van der Waals surface area contributed by atoms with Gasteiger partial charge in [0.1, 0.15) is 5.75 Å². The van der Waals surface area contributed by atoms with Crippen LogP contribution in [0.5, 0.6) is 5.75 Å². The molecule has 3 rings (SSSR count). The quantitative estimate of drug-likeness (QED) is 0.311. The molecule has 0 aliphatic heterocycles. The third-order valence-corrected chi connectivity index (χ3v) is 7.60. The molecule has 0 bridgehead atoms. The predicted molar refractivity (Wildman–Crippen MR) is 133 cm³/mol. The van der Waals surface area contributed by atoms with Crippen molar-refractivity contribution in [1.29, 1.82) is 0 Å². The molecule has 0 radical (unpaired) electrons. The molecule has 2 saturated carbocycles. The fraction of sp³-hybridized carbons (Fsp3) is 0.682. The van der Waals surface area contributed by atoms with Gasteiger partial charge < -0.3 is 15.4 Å². The third kappa shape index (κ3) is 7.42. The minimum atomic E-state index is -0.707. The standard InChI is InChI=1S/C22H35N3O2S.HI/c1-3-28(26)20-13-8-10-18(15-20)25-22(23-2)24-16-17-9-4-7-14-21(17)27-19-11-5-6-12-19;/h4,7,9,14,18-20H,3,5-6,8,10-13,15-16H2,1-2H3,(H2,23,24,25);1H. The van der Waals surface area contributed by atoms with Crippen molar-refractivity contribution >= 4 is 40.7 Å². The first-order valence-electron chi connectivity index (χ1n) is 10.8. The summed E-state index contributed by atoms with van der Waals surface area (Å²) in [5, 5.41) is 7.30. The van der Waals surface area contributed by atoms with E-state index in [1.165, 1.54) is 12.8 Å². The lowest BCUT2D eigenvalue weighted by molar-refractivity contribution is 0.208. The van der Waals surface area contributed by atoms with Gasteiger partial charge in [0, 0.05) is 47.0 Å². The monoisotopic (exact) mass is 533 g/mol. The predicted octanol–water partition coefficient (Wildman–Crippen LogP) is 4.37. The average Bonchev–Trinajstić information content (AvgIpc) is 3.24. The van der Waals surface area contributed by atoms with Crippen LogP contribution in [0.15, 0.2) is 29.3 Å². The maximum atomic E-state index is 12.2. The Morgan fingerprint density at radius 3 is 2.66 bits per heavy atom. The summed E-state index contributed by atoms with van der Waals surface area (Å²) >= 11 is 0. The van der Waals surface area contributed by atoms with E-state index in [4.69, 9.17) is 4.74 Å². The number of nitrogens with one attached hydrogen (secondary N) is 2. The smallest absolute Gasteiger partial charge is 0.191 e. The molecule has 0 heterocycles. The van der Waals surface area contributed by atoms with E-state index in [0.717, 1.165) is 61.6 Å². The van der Waals surface area contributed by atoms with E-state index in [1.807, 2.05) is 13.0 Å². The van der Waals surface area contributed by atoms with Crippen LogP contribution in [-0.4, -0.2) is 40.4 Å². The van der Waals surface area contributed by atoms with E-state index < -0.39 is 10.8 Å². The highest BCUT2D eigenvalue weighted by Gasteiger charge is 2.26. The summed E-state index contributed by atoms with van der Waals surface area (Å²) in [4.78, 5) is 4.40. The lowest BCUT2D eigenvalue weighted by Gasteiger charge is -2.30. The van der Waals surface area contributed by atoms with E-state index in [0.29, 0.717) is 23.9 Å². The first-order chi connectivity index (χ1) is 13.7. The molecule has 29 heavy (non-hydrogen) atoms. The van der Waals surface area contributed by atoms with Gasteiger partial charge in [0.25, 0.3) is 0 Å². The number of hydrogen-bond acceptors (Lipinski definition) is 3. The minimum absolute atomic E-state index is 0. The van der Waals surface area contributed by atoms with Gasteiger partial charge in [-0.1, -0.05) is 31.5 Å². The number of aliphatic imine (C=N–C) groups is 1. The summed E-state index contributed by atoms with van der Waals surface area (Å²) in [6.07, 6.45) is 9.50. The highest BCUT2D eigenvalue weighted by Crippen LogP contribution is 2.27. The molecule has 2 fully saturated rings. The second-order valence-corrected chi connectivity index (χ2v) is 9.86. The Hall–Kier alpha value is -0.830. The van der Waals surface area contributed by atoms with Crippen molar-refractivity contribution in [3.63, 3.8) is 0 Å². The molecule has 2 aliphatic rings. The molecule has 7 heteroatoms. The molecule has 2 N–H and O–H groups in total. The maximum Gasteiger partial charge on any atom is 0.191 e. The second kappa shape index (κ2) is 12.8. The number of nitrogens with zero attached hydrogens (tertiary/aromatic N) is 1. The van der Waals surface area contributed by atoms with E-state index in [1.54, 1.807) is 7.05 Å². The number of halogens is 1. The van der Waals surface area contributed by atoms with E-state index >= 15 is 0 Å². The molecule has 0 aromatic heterocycles. The topological polar surface area (TPSA) is 62.7 Å². The Morgan fingerprint density at radius 1 is 1.17 bits per heavy atom. The van der Waals surface area contributed by atoms with Crippen molar-refractivity contribution in [1.82, 2.24) is 10.6 Å². The molecule has 3 atom stereocenters. The lowest BCUT2D eigenvalue weighted by atomic mass is 9.95. The summed E-state index contributed by atoms with van der Waals surface area (Å²) in [7, 11) is 1.10. The molecule has 0 spiro atoms. The Kier molecular flexibility index (Phi) is 10.8. The summed E-state index contributed by atoms with van der Waals surface area (Å²) in [5.74, 6) is 2.54. The van der Waals surface area contributed by atoms with Crippen LogP contribution in [0, 0.1) is 0 Å². The molecule has 5 nitrogen and oxygen atoms in total. The molecule has 1 aromatic carbocycles. The van der Waals surface area contributed by atoms with Crippen molar-refractivity contribution in [3.05, 3.63) is 29.8 Å². The lowest BCUT2D eigenvalue weighted by Crippen LogP contribution is -2.46. The van der Waals surface area contributed by atoms with Gasteiger partial charge in [-0.15, -0.1) is 24.0 Å². The molecule has 0 amide bonds. The van der Waals surface area contributed by atoms with Crippen LogP contribution >= 0.6 is 24.0 Å². The highest BCUT2D eigenvalue weighted by molar-refractivity contribution is 14.0. The Morgan fingerprint density at radius 2 is 1.93 bits per heavy atom. The second-order valence-electron chi connectivity index (χ2n) is 7.86. The normalized spacial score (nSPS) is 23.9. The van der Waals surface area contributed by atoms with Crippen molar-refractivity contribution in [2.24, 2.45) is 4.99 Å². The maximum absolute atomic E-state index is 12.2. The third-order valence-electron chi connectivity index (χ3n) is 5.86. The van der Waals surface area contributed by atoms with Crippen molar-refractivity contribution in [2.45, 2.75) is 82.2 Å². The van der Waals surface area contributed by atoms with Crippen LogP contribution in [0.3, 0.4) is 0 Å². The van der Waals surface area contributed by atoms with E-state index in [-0.39, 0.29) is 24.0 Å². The molecule has 2 aliphatic carbocycles. The van der Waals surface area contributed by atoms with Crippen LogP contribution in [0.4, 0.5) is 0 Å². The van der Waals surface area contributed by atoms with Crippen LogP contribution < -0.4 is 15.4 Å². The SMILES string of the molecule is CCS(=O)C1CCCC(NC(=NC)NCc2ccccc2OC2CCCC2)C1.I. The van der Waals surface area contributed by atoms with Crippen LogP contribution in [0.1, 0.15) is 63.9 Å². The van der Waals surface area contributed by atoms with Gasteiger partial charge in [0.2, 0.25) is 0 Å². The number of hydrogen-bond donors (Lipinski definition) is 2. The first-order valence-corrected chi connectivity index (χ1v) is 12.2. The number of guanidine groups is 1. The number of ether oxygens (including phenoxy) is 1.